The van der Waals surface area contributed by atoms with Crippen molar-refractivity contribution in [3.63, 3.8) is 0 Å². The smallest absolute Gasteiger partial charge is 0.310 e. The summed E-state index contributed by atoms with van der Waals surface area (Å²) in [5.41, 5.74) is -1.03. The van der Waals surface area contributed by atoms with Crippen molar-refractivity contribution in [2.24, 2.45) is 22.7 Å². The molecular formula is C34H56O7. The van der Waals surface area contributed by atoms with Crippen LogP contribution in [0.1, 0.15) is 118 Å². The first-order valence-corrected chi connectivity index (χ1v) is 16.2. The zero-order valence-corrected chi connectivity index (χ0v) is 26.4. The van der Waals surface area contributed by atoms with Crippen LogP contribution in [0.5, 0.6) is 0 Å². The maximum absolute atomic E-state index is 13.8. The Morgan fingerprint density at radius 3 is 2.37 bits per heavy atom. The number of esters is 1. The largest absolute Gasteiger partial charge is 0.469 e. The molecule has 0 spiro atoms. The van der Waals surface area contributed by atoms with E-state index in [1.807, 2.05) is 19.1 Å². The Hall–Kier alpha value is -1.70. The van der Waals surface area contributed by atoms with E-state index in [-0.39, 0.29) is 23.5 Å². The number of carbonyl (C=O) groups excluding carboxylic acids is 2. The maximum Gasteiger partial charge on any atom is 0.310 e. The van der Waals surface area contributed by atoms with Gasteiger partial charge in [0.1, 0.15) is 11.5 Å². The molecule has 0 aromatic heterocycles. The van der Waals surface area contributed by atoms with E-state index in [0.717, 1.165) is 64.4 Å². The van der Waals surface area contributed by atoms with Gasteiger partial charge in [0.2, 0.25) is 0 Å². The Balaban J connectivity index is 1.78. The number of carbonyl (C=O) groups is 2. The van der Waals surface area contributed by atoms with Crippen LogP contribution in [0.15, 0.2) is 24.0 Å². The Labute approximate surface area is 248 Å². The third-order valence-electron chi connectivity index (χ3n) is 9.11. The van der Waals surface area contributed by atoms with E-state index in [1.165, 1.54) is 13.5 Å². The molecule has 0 amide bonds. The number of hydrogen-bond acceptors (Lipinski definition) is 7. The second kappa shape index (κ2) is 16.8. The van der Waals surface area contributed by atoms with Crippen LogP contribution in [-0.4, -0.2) is 51.3 Å². The van der Waals surface area contributed by atoms with Crippen LogP contribution in [0.25, 0.3) is 0 Å². The van der Waals surface area contributed by atoms with E-state index in [9.17, 15) is 9.59 Å². The molecule has 1 aliphatic carbocycles. The standard InChI is InChI=1S/C34H56O7/c1-6-7-8-14-27(32(36)37-5)34(20-13-15-28(34)35)29(41-31-17-10-12-24-39-31)19-22-33(3,4)21-18-26(2)25-40-30-16-9-11-23-38-30/h6-7,19,26-27,30-31H,8-18,20-25H2,1-5H3/t26?,27-,30?,31?,34-/m1/s1. The number of allylic oxidation sites excluding steroid dienone is 4. The fourth-order valence-corrected chi connectivity index (χ4v) is 6.42. The minimum absolute atomic E-state index is 0.0216. The minimum atomic E-state index is -1.01. The van der Waals surface area contributed by atoms with Gasteiger partial charge in [0, 0.05) is 19.4 Å². The summed E-state index contributed by atoms with van der Waals surface area (Å²) in [6.45, 7) is 10.9. The molecule has 7 heteroatoms. The highest BCUT2D eigenvalue weighted by Crippen LogP contribution is 2.51. The molecule has 2 aliphatic heterocycles. The van der Waals surface area contributed by atoms with Crippen LogP contribution < -0.4 is 0 Å². The summed E-state index contributed by atoms with van der Waals surface area (Å²) < 4.78 is 29.6. The molecule has 0 radical (unpaired) electrons. The quantitative estimate of drug-likeness (QED) is 0.106. The molecule has 0 aromatic carbocycles. The predicted octanol–water partition coefficient (Wildman–Crippen LogP) is 7.67. The first kappa shape index (κ1) is 33.8. The molecule has 7 nitrogen and oxygen atoms in total. The van der Waals surface area contributed by atoms with E-state index in [0.29, 0.717) is 50.6 Å². The van der Waals surface area contributed by atoms with E-state index in [1.54, 1.807) is 0 Å². The number of Topliss-reactive ketones (excluding diaryl/α,β-unsaturated/α-hetero) is 1. The number of hydrogen-bond donors (Lipinski definition) is 0. The zero-order valence-electron chi connectivity index (χ0n) is 26.4. The summed E-state index contributed by atoms with van der Waals surface area (Å²) in [7, 11) is 1.42. The van der Waals surface area contributed by atoms with Gasteiger partial charge in [-0.3, -0.25) is 9.59 Å². The highest BCUT2D eigenvalue weighted by atomic mass is 16.7. The van der Waals surface area contributed by atoms with E-state index in [4.69, 9.17) is 23.7 Å². The van der Waals surface area contributed by atoms with Gasteiger partial charge in [-0.2, -0.15) is 0 Å². The molecule has 1 saturated carbocycles. The van der Waals surface area contributed by atoms with Gasteiger partial charge in [-0.1, -0.05) is 32.9 Å². The summed E-state index contributed by atoms with van der Waals surface area (Å²) in [5.74, 6) is 0.216. The van der Waals surface area contributed by atoms with Crippen molar-refractivity contribution in [2.75, 3.05) is 26.9 Å². The average Bonchev–Trinajstić information content (AvgIpc) is 3.37. The second-order valence-electron chi connectivity index (χ2n) is 13.1. The van der Waals surface area contributed by atoms with Gasteiger partial charge >= 0.3 is 5.97 Å². The lowest BCUT2D eigenvalue weighted by molar-refractivity contribution is -0.168. The van der Waals surface area contributed by atoms with Crippen molar-refractivity contribution in [3.05, 3.63) is 24.0 Å². The van der Waals surface area contributed by atoms with Crippen molar-refractivity contribution in [2.45, 2.75) is 130 Å². The molecule has 2 heterocycles. The van der Waals surface area contributed by atoms with Crippen molar-refractivity contribution < 1.29 is 33.3 Å². The van der Waals surface area contributed by atoms with Gasteiger partial charge in [-0.05, 0) is 101 Å². The van der Waals surface area contributed by atoms with E-state index in [2.05, 4.69) is 26.8 Å². The molecule has 0 aromatic rings. The van der Waals surface area contributed by atoms with E-state index < -0.39 is 17.6 Å². The summed E-state index contributed by atoms with van der Waals surface area (Å²) >= 11 is 0. The fraction of sp³-hybridized carbons (Fsp3) is 0.824. The molecule has 5 atom stereocenters. The van der Waals surface area contributed by atoms with Gasteiger partial charge in [-0.25, -0.2) is 0 Å². The topological polar surface area (TPSA) is 80.3 Å². The van der Waals surface area contributed by atoms with Gasteiger partial charge in [0.15, 0.2) is 12.6 Å². The van der Waals surface area contributed by atoms with Crippen LogP contribution >= 0.6 is 0 Å². The summed E-state index contributed by atoms with van der Waals surface area (Å²) in [5, 5.41) is 0. The highest BCUT2D eigenvalue weighted by molar-refractivity contribution is 5.94. The Morgan fingerprint density at radius 2 is 1.78 bits per heavy atom. The van der Waals surface area contributed by atoms with Gasteiger partial charge in [0.05, 0.1) is 31.7 Å². The molecular weight excluding hydrogens is 520 g/mol. The van der Waals surface area contributed by atoms with Crippen molar-refractivity contribution in [1.29, 1.82) is 0 Å². The van der Waals surface area contributed by atoms with Crippen LogP contribution in [0.4, 0.5) is 0 Å². The molecule has 41 heavy (non-hydrogen) atoms. The fourth-order valence-electron chi connectivity index (χ4n) is 6.42. The third-order valence-corrected chi connectivity index (χ3v) is 9.11. The molecule has 0 N–H and O–H groups in total. The van der Waals surface area contributed by atoms with Crippen molar-refractivity contribution in [1.82, 2.24) is 0 Å². The Bertz CT molecular complexity index is 866. The molecule has 3 unspecified atom stereocenters. The maximum atomic E-state index is 13.8. The Morgan fingerprint density at radius 1 is 1.07 bits per heavy atom. The molecule has 3 rings (SSSR count). The number of ketones is 1. The van der Waals surface area contributed by atoms with Crippen LogP contribution in [-0.2, 0) is 33.3 Å². The summed E-state index contributed by atoms with van der Waals surface area (Å²) in [6, 6.07) is 0. The highest BCUT2D eigenvalue weighted by Gasteiger charge is 2.55. The molecule has 2 saturated heterocycles. The lowest BCUT2D eigenvalue weighted by Crippen LogP contribution is -2.43. The van der Waals surface area contributed by atoms with Crippen LogP contribution in [0, 0.1) is 22.7 Å². The summed E-state index contributed by atoms with van der Waals surface area (Å²) in [6.07, 6.45) is 17.6. The second-order valence-corrected chi connectivity index (χ2v) is 13.1. The monoisotopic (exact) mass is 576 g/mol. The van der Waals surface area contributed by atoms with E-state index >= 15 is 0 Å². The Kier molecular flexibility index (Phi) is 13.9. The van der Waals surface area contributed by atoms with Gasteiger partial charge in [0.25, 0.3) is 0 Å². The SMILES string of the molecule is CC=CCC[C@H](C(=O)OC)[C@]1(C(=CCC(C)(C)CCC(C)COC2CCCCO2)OC2CCCCO2)CCCC1=O. The summed E-state index contributed by atoms with van der Waals surface area (Å²) in [4.78, 5) is 27.1. The predicted molar refractivity (Wildman–Crippen MR) is 160 cm³/mol. The number of methoxy groups -OCH3 is 1. The van der Waals surface area contributed by atoms with Gasteiger partial charge < -0.3 is 23.7 Å². The number of rotatable bonds is 16. The van der Waals surface area contributed by atoms with Gasteiger partial charge in [-0.15, -0.1) is 0 Å². The minimum Gasteiger partial charge on any atom is -0.469 e. The lowest BCUT2D eigenvalue weighted by Gasteiger charge is -2.39. The van der Waals surface area contributed by atoms with Crippen molar-refractivity contribution >= 4 is 11.8 Å². The molecule has 0 bridgehead atoms. The first-order valence-electron chi connectivity index (χ1n) is 16.2. The first-order chi connectivity index (χ1) is 19.7. The molecule has 3 aliphatic rings. The van der Waals surface area contributed by atoms with Crippen molar-refractivity contribution in [3.8, 4) is 0 Å². The lowest BCUT2D eigenvalue weighted by atomic mass is 9.68. The molecule has 234 valence electrons. The third kappa shape index (κ3) is 9.93. The van der Waals surface area contributed by atoms with Crippen LogP contribution in [0.2, 0.25) is 0 Å². The normalized spacial score (nSPS) is 27.6. The molecule has 3 fully saturated rings. The zero-order chi connectivity index (χ0) is 29.7. The average molecular weight is 577 g/mol. The van der Waals surface area contributed by atoms with Crippen LogP contribution in [0.3, 0.4) is 0 Å². The number of ether oxygens (including phenoxy) is 5.